The Hall–Kier alpha value is -1.41. The third kappa shape index (κ3) is 5.84. The number of aliphatic hydroxyl groups excluding tert-OH is 1. The van der Waals surface area contributed by atoms with Crippen LogP contribution in [0.25, 0.3) is 0 Å². The summed E-state index contributed by atoms with van der Waals surface area (Å²) in [6.07, 6.45) is 0.347. The molecule has 1 aromatic carbocycles. The highest BCUT2D eigenvalue weighted by atomic mass is 19.1. The number of hydrogen-bond acceptors (Lipinski definition) is 3. The lowest BCUT2D eigenvalue weighted by Crippen LogP contribution is -2.22. The van der Waals surface area contributed by atoms with Gasteiger partial charge in [-0.2, -0.15) is 0 Å². The quantitative estimate of drug-likeness (QED) is 0.789. The molecule has 0 amide bonds. The molecule has 0 aromatic heterocycles. The van der Waals surface area contributed by atoms with Gasteiger partial charge in [0.25, 0.3) is 0 Å². The van der Waals surface area contributed by atoms with Gasteiger partial charge in [-0.05, 0) is 32.5 Å². The predicted octanol–water partition coefficient (Wildman–Crippen LogP) is 1.34. The van der Waals surface area contributed by atoms with Crippen LogP contribution in [0.2, 0.25) is 0 Å². The summed E-state index contributed by atoms with van der Waals surface area (Å²) < 4.78 is 13.9. The summed E-state index contributed by atoms with van der Waals surface area (Å²) in [5, 5.41) is 9.21. The summed E-state index contributed by atoms with van der Waals surface area (Å²) in [6.45, 7) is 3.26. The zero-order valence-corrected chi connectivity index (χ0v) is 11.5. The van der Waals surface area contributed by atoms with Crippen molar-refractivity contribution >= 4 is 0 Å². The van der Waals surface area contributed by atoms with E-state index in [1.807, 2.05) is 11.9 Å². The Bertz CT molecular complexity index is 463. The van der Waals surface area contributed by atoms with Crippen molar-refractivity contribution in [1.29, 1.82) is 0 Å². The van der Waals surface area contributed by atoms with E-state index >= 15 is 0 Å². The van der Waals surface area contributed by atoms with Gasteiger partial charge in [0.2, 0.25) is 0 Å². The molecular weight excluding hydrogens is 243 g/mol. The molecule has 3 nitrogen and oxygen atoms in total. The molecule has 0 bridgehead atoms. The molecule has 0 aliphatic heterocycles. The van der Waals surface area contributed by atoms with Gasteiger partial charge in [-0.3, -0.25) is 0 Å². The van der Waals surface area contributed by atoms with Crippen LogP contribution in [0.1, 0.15) is 24.5 Å². The average molecular weight is 264 g/mol. The zero-order valence-electron chi connectivity index (χ0n) is 11.5. The van der Waals surface area contributed by atoms with E-state index in [1.165, 1.54) is 6.07 Å². The molecule has 1 atom stereocenters. The van der Waals surface area contributed by atoms with E-state index in [2.05, 4.69) is 11.8 Å². The summed E-state index contributed by atoms with van der Waals surface area (Å²) in [4.78, 5) is 1.98. The number of halogens is 1. The predicted molar refractivity (Wildman–Crippen MR) is 75.0 cm³/mol. The van der Waals surface area contributed by atoms with Crippen LogP contribution in [0, 0.1) is 17.7 Å². The fourth-order valence-corrected chi connectivity index (χ4v) is 1.68. The van der Waals surface area contributed by atoms with E-state index in [0.29, 0.717) is 24.1 Å². The second-order valence-electron chi connectivity index (χ2n) is 4.69. The van der Waals surface area contributed by atoms with Gasteiger partial charge in [0, 0.05) is 24.2 Å². The minimum atomic E-state index is -0.332. The molecule has 0 radical (unpaired) electrons. The van der Waals surface area contributed by atoms with Crippen LogP contribution in [0.3, 0.4) is 0 Å². The minimum absolute atomic E-state index is 0.257. The maximum atomic E-state index is 13.9. The van der Waals surface area contributed by atoms with Gasteiger partial charge in [0.05, 0.1) is 12.6 Å². The highest BCUT2D eigenvalue weighted by molar-refractivity contribution is 5.37. The zero-order chi connectivity index (χ0) is 14.3. The van der Waals surface area contributed by atoms with Crippen molar-refractivity contribution < 1.29 is 9.50 Å². The molecule has 0 saturated carbocycles. The lowest BCUT2D eigenvalue weighted by molar-refractivity contribution is 0.162. The van der Waals surface area contributed by atoms with Gasteiger partial charge in [0.1, 0.15) is 5.82 Å². The molecule has 1 rings (SSSR count). The third-order valence-corrected chi connectivity index (χ3v) is 2.76. The van der Waals surface area contributed by atoms with Gasteiger partial charge < -0.3 is 15.7 Å². The summed E-state index contributed by atoms with van der Waals surface area (Å²) in [5.74, 6) is 5.25. The monoisotopic (exact) mass is 264 g/mol. The van der Waals surface area contributed by atoms with Crippen molar-refractivity contribution in [3.05, 3.63) is 35.1 Å². The number of aliphatic hydroxyl groups is 1. The van der Waals surface area contributed by atoms with Crippen LogP contribution in [0.4, 0.5) is 4.39 Å². The highest BCUT2D eigenvalue weighted by Gasteiger charge is 2.07. The lowest BCUT2D eigenvalue weighted by atomic mass is 10.1. The van der Waals surface area contributed by atoms with Crippen LogP contribution >= 0.6 is 0 Å². The highest BCUT2D eigenvalue weighted by Crippen LogP contribution is 2.12. The van der Waals surface area contributed by atoms with Crippen molar-refractivity contribution in [2.24, 2.45) is 5.73 Å². The molecule has 3 N–H and O–H groups in total. The van der Waals surface area contributed by atoms with Crippen molar-refractivity contribution in [1.82, 2.24) is 4.90 Å². The first-order chi connectivity index (χ1) is 9.02. The molecule has 19 heavy (non-hydrogen) atoms. The summed E-state index contributed by atoms with van der Waals surface area (Å²) in [7, 11) is 1.91. The Kier molecular flexibility index (Phi) is 6.51. The molecule has 1 aromatic rings. The number of nitrogens with zero attached hydrogens (tertiary/aromatic N) is 1. The van der Waals surface area contributed by atoms with Crippen molar-refractivity contribution in [2.45, 2.75) is 26.0 Å². The van der Waals surface area contributed by atoms with Crippen molar-refractivity contribution in [2.75, 3.05) is 20.1 Å². The SMILES string of the molecule is CC(O)CCN(C)Cc1ccc(C#CCN)cc1F. The third-order valence-electron chi connectivity index (χ3n) is 2.76. The average Bonchev–Trinajstić information content (AvgIpc) is 2.37. The number of benzene rings is 1. The lowest BCUT2D eigenvalue weighted by Gasteiger charge is -2.18. The van der Waals surface area contributed by atoms with E-state index in [9.17, 15) is 9.50 Å². The van der Waals surface area contributed by atoms with E-state index in [0.717, 1.165) is 6.54 Å². The van der Waals surface area contributed by atoms with Gasteiger partial charge in [0.15, 0.2) is 0 Å². The van der Waals surface area contributed by atoms with Gasteiger partial charge in [-0.15, -0.1) is 0 Å². The molecule has 0 heterocycles. The fraction of sp³-hybridized carbons (Fsp3) is 0.467. The largest absolute Gasteiger partial charge is 0.393 e. The Morgan fingerprint density at radius 3 is 2.79 bits per heavy atom. The Morgan fingerprint density at radius 2 is 2.21 bits per heavy atom. The molecule has 0 saturated heterocycles. The Balaban J connectivity index is 2.64. The normalized spacial score (nSPS) is 12.1. The van der Waals surface area contributed by atoms with E-state index in [1.54, 1.807) is 19.1 Å². The smallest absolute Gasteiger partial charge is 0.128 e. The molecule has 0 spiro atoms. The topological polar surface area (TPSA) is 49.5 Å². The molecular formula is C15H21FN2O. The first-order valence-corrected chi connectivity index (χ1v) is 6.37. The number of rotatable bonds is 5. The van der Waals surface area contributed by atoms with Gasteiger partial charge in [-0.25, -0.2) is 4.39 Å². The maximum absolute atomic E-state index is 13.9. The van der Waals surface area contributed by atoms with E-state index < -0.39 is 0 Å². The standard InChI is InChI=1S/C15H21FN2O/c1-12(19)7-9-18(2)11-14-6-5-13(4-3-8-17)10-15(14)16/h5-6,10,12,19H,7-9,11,17H2,1-2H3. The first-order valence-electron chi connectivity index (χ1n) is 6.37. The van der Waals surface area contributed by atoms with Gasteiger partial charge >= 0.3 is 0 Å². The first kappa shape index (κ1) is 15.6. The summed E-state index contributed by atoms with van der Waals surface area (Å²) in [5.41, 5.74) is 6.54. The molecule has 104 valence electrons. The van der Waals surface area contributed by atoms with Crippen LogP contribution in [-0.2, 0) is 6.54 Å². The van der Waals surface area contributed by atoms with Crippen molar-refractivity contribution in [3.8, 4) is 11.8 Å². The van der Waals surface area contributed by atoms with E-state index in [4.69, 9.17) is 5.73 Å². The Morgan fingerprint density at radius 1 is 1.47 bits per heavy atom. The summed E-state index contributed by atoms with van der Waals surface area (Å²) in [6, 6.07) is 4.97. The summed E-state index contributed by atoms with van der Waals surface area (Å²) >= 11 is 0. The van der Waals surface area contributed by atoms with Crippen LogP contribution in [-0.4, -0.2) is 36.2 Å². The van der Waals surface area contributed by atoms with Crippen molar-refractivity contribution in [3.63, 3.8) is 0 Å². The molecule has 1 unspecified atom stereocenters. The molecule has 0 fully saturated rings. The number of nitrogens with two attached hydrogens (primary N) is 1. The minimum Gasteiger partial charge on any atom is -0.393 e. The van der Waals surface area contributed by atoms with Crippen LogP contribution < -0.4 is 5.73 Å². The second-order valence-corrected chi connectivity index (χ2v) is 4.69. The van der Waals surface area contributed by atoms with Gasteiger partial charge in [-0.1, -0.05) is 17.9 Å². The second kappa shape index (κ2) is 7.90. The fourth-order valence-electron chi connectivity index (χ4n) is 1.68. The van der Waals surface area contributed by atoms with Crippen LogP contribution in [0.5, 0.6) is 0 Å². The molecule has 0 aliphatic rings. The number of hydrogen-bond donors (Lipinski definition) is 2. The maximum Gasteiger partial charge on any atom is 0.128 e. The molecule has 0 aliphatic carbocycles. The Labute approximate surface area is 114 Å². The van der Waals surface area contributed by atoms with E-state index in [-0.39, 0.29) is 18.5 Å². The van der Waals surface area contributed by atoms with Crippen LogP contribution in [0.15, 0.2) is 18.2 Å². The molecule has 4 heteroatoms.